The van der Waals surface area contributed by atoms with E-state index in [-0.39, 0.29) is 0 Å². The second-order valence-electron chi connectivity index (χ2n) is 8.27. The molecule has 0 aliphatic carbocycles. The van der Waals surface area contributed by atoms with Gasteiger partial charge >= 0.3 is 11.9 Å². The van der Waals surface area contributed by atoms with E-state index in [1.165, 1.54) is 0 Å². The lowest BCUT2D eigenvalue weighted by Gasteiger charge is -2.27. The van der Waals surface area contributed by atoms with Gasteiger partial charge in [-0.2, -0.15) is 0 Å². The molecule has 0 N–H and O–H groups in total. The summed E-state index contributed by atoms with van der Waals surface area (Å²) in [6.45, 7) is 7.23. The summed E-state index contributed by atoms with van der Waals surface area (Å²) < 4.78 is 10.8. The summed E-state index contributed by atoms with van der Waals surface area (Å²) in [5, 5.41) is 0. The van der Waals surface area contributed by atoms with E-state index in [1.807, 2.05) is 88.4 Å². The first kappa shape index (κ1) is 21.7. The fourth-order valence-electron chi connectivity index (χ4n) is 2.87. The molecular formula is C24H30O4. The molecule has 0 fully saturated rings. The number of hydrogen-bond acceptors (Lipinski definition) is 4. The molecule has 0 spiro atoms. The van der Waals surface area contributed by atoms with Gasteiger partial charge in [-0.1, -0.05) is 60.7 Å². The van der Waals surface area contributed by atoms with E-state index < -0.39 is 23.1 Å². The maximum absolute atomic E-state index is 12.2. The molecule has 0 saturated carbocycles. The Morgan fingerprint density at radius 3 is 1.29 bits per heavy atom. The Morgan fingerprint density at radius 2 is 0.964 bits per heavy atom. The van der Waals surface area contributed by atoms with Gasteiger partial charge in [-0.3, -0.25) is 0 Å². The Hall–Kier alpha value is -2.62. The molecule has 0 unspecified atom stereocenters. The molecule has 0 radical (unpaired) electrons. The van der Waals surface area contributed by atoms with Crippen molar-refractivity contribution >= 4 is 11.9 Å². The highest BCUT2D eigenvalue weighted by Gasteiger charge is 2.32. The molecule has 28 heavy (non-hydrogen) atoms. The quantitative estimate of drug-likeness (QED) is 0.481. The Morgan fingerprint density at radius 1 is 0.643 bits per heavy atom. The monoisotopic (exact) mass is 382 g/mol. The number of aryl methyl sites for hydroxylation is 2. The van der Waals surface area contributed by atoms with Crippen molar-refractivity contribution in [2.75, 3.05) is 0 Å². The van der Waals surface area contributed by atoms with Crippen molar-refractivity contribution < 1.29 is 19.1 Å². The van der Waals surface area contributed by atoms with E-state index in [1.54, 1.807) is 0 Å². The van der Waals surface area contributed by atoms with E-state index in [0.717, 1.165) is 24.0 Å². The summed E-state index contributed by atoms with van der Waals surface area (Å²) in [6, 6.07) is 19.9. The van der Waals surface area contributed by atoms with E-state index in [4.69, 9.17) is 9.47 Å². The zero-order valence-corrected chi connectivity index (χ0v) is 17.2. The normalized spacial score (nSPS) is 11.7. The average Bonchev–Trinajstić information content (AvgIpc) is 2.66. The maximum Gasteiger partial charge on any atom is 0.418 e. The lowest BCUT2D eigenvalue weighted by atomic mass is 9.98. The molecule has 0 aromatic heterocycles. The van der Waals surface area contributed by atoms with Crippen LogP contribution in [0.1, 0.15) is 51.7 Å². The first-order valence-corrected chi connectivity index (χ1v) is 9.71. The number of carbonyl (C=O) groups is 2. The second kappa shape index (κ2) is 9.54. The van der Waals surface area contributed by atoms with Crippen LogP contribution in [0, 0.1) is 0 Å². The SMILES string of the molecule is CC(C)(CCc1ccccc1)OC(=O)C(=O)OC(C)(C)CCc1ccccc1. The Labute approximate surface area is 167 Å². The summed E-state index contributed by atoms with van der Waals surface area (Å²) in [7, 11) is 0. The molecule has 2 rings (SSSR count). The van der Waals surface area contributed by atoms with Crippen LogP contribution < -0.4 is 0 Å². The molecule has 2 aromatic carbocycles. The highest BCUT2D eigenvalue weighted by molar-refractivity contribution is 6.29. The van der Waals surface area contributed by atoms with Gasteiger partial charge < -0.3 is 9.47 Å². The standard InChI is InChI=1S/C24H30O4/c1-23(2,17-15-19-11-7-5-8-12-19)27-21(25)22(26)28-24(3,4)18-16-20-13-9-6-10-14-20/h5-14H,15-18H2,1-4H3. The minimum Gasteiger partial charge on any atom is -0.451 e. The van der Waals surface area contributed by atoms with Crippen LogP contribution in [0.15, 0.2) is 60.7 Å². The molecule has 0 aliphatic heterocycles. The zero-order chi connectivity index (χ0) is 20.6. The molecule has 0 aliphatic rings. The molecule has 0 atom stereocenters. The van der Waals surface area contributed by atoms with Crippen LogP contribution in [-0.2, 0) is 31.9 Å². The predicted octanol–water partition coefficient (Wildman–Crippen LogP) is 4.90. The van der Waals surface area contributed by atoms with E-state index >= 15 is 0 Å². The van der Waals surface area contributed by atoms with Gasteiger partial charge in [0.2, 0.25) is 0 Å². The number of hydrogen-bond donors (Lipinski definition) is 0. The third-order valence-corrected chi connectivity index (χ3v) is 4.62. The van der Waals surface area contributed by atoms with E-state index in [9.17, 15) is 9.59 Å². The van der Waals surface area contributed by atoms with Crippen LogP contribution in [0.2, 0.25) is 0 Å². The van der Waals surface area contributed by atoms with Crippen molar-refractivity contribution in [2.24, 2.45) is 0 Å². The average molecular weight is 383 g/mol. The first-order chi connectivity index (χ1) is 13.2. The van der Waals surface area contributed by atoms with Crippen LogP contribution >= 0.6 is 0 Å². The highest BCUT2D eigenvalue weighted by Crippen LogP contribution is 2.21. The third kappa shape index (κ3) is 7.55. The van der Waals surface area contributed by atoms with Gasteiger partial charge in [-0.25, -0.2) is 9.59 Å². The van der Waals surface area contributed by atoms with Crippen molar-refractivity contribution in [1.82, 2.24) is 0 Å². The molecule has 0 saturated heterocycles. The molecule has 2 aromatic rings. The molecule has 0 amide bonds. The van der Waals surface area contributed by atoms with Crippen molar-refractivity contribution in [2.45, 2.75) is 64.6 Å². The van der Waals surface area contributed by atoms with Crippen LogP contribution in [0.4, 0.5) is 0 Å². The molecule has 4 nitrogen and oxygen atoms in total. The Balaban J connectivity index is 1.82. The number of esters is 2. The lowest BCUT2D eigenvalue weighted by molar-refractivity contribution is -0.183. The largest absolute Gasteiger partial charge is 0.451 e. The zero-order valence-electron chi connectivity index (χ0n) is 17.2. The fourth-order valence-corrected chi connectivity index (χ4v) is 2.87. The van der Waals surface area contributed by atoms with Gasteiger partial charge in [-0.05, 0) is 64.5 Å². The van der Waals surface area contributed by atoms with Crippen LogP contribution in [-0.4, -0.2) is 23.1 Å². The van der Waals surface area contributed by atoms with E-state index in [0.29, 0.717) is 12.8 Å². The van der Waals surface area contributed by atoms with Crippen molar-refractivity contribution in [3.05, 3.63) is 71.8 Å². The number of benzene rings is 2. The summed E-state index contributed by atoms with van der Waals surface area (Å²) in [6.07, 6.45) is 2.76. The van der Waals surface area contributed by atoms with Crippen molar-refractivity contribution in [1.29, 1.82) is 0 Å². The van der Waals surface area contributed by atoms with Gasteiger partial charge in [0.05, 0.1) is 0 Å². The van der Waals surface area contributed by atoms with Gasteiger partial charge in [0.1, 0.15) is 11.2 Å². The smallest absolute Gasteiger partial charge is 0.418 e. The van der Waals surface area contributed by atoms with Crippen molar-refractivity contribution in [3.63, 3.8) is 0 Å². The van der Waals surface area contributed by atoms with Crippen LogP contribution in [0.25, 0.3) is 0 Å². The van der Waals surface area contributed by atoms with Gasteiger partial charge in [0, 0.05) is 0 Å². The van der Waals surface area contributed by atoms with Gasteiger partial charge in [-0.15, -0.1) is 0 Å². The second-order valence-corrected chi connectivity index (χ2v) is 8.27. The van der Waals surface area contributed by atoms with Crippen LogP contribution in [0.5, 0.6) is 0 Å². The summed E-state index contributed by atoms with van der Waals surface area (Å²) in [4.78, 5) is 24.5. The third-order valence-electron chi connectivity index (χ3n) is 4.62. The maximum atomic E-state index is 12.2. The Kier molecular flexibility index (Phi) is 7.38. The predicted molar refractivity (Wildman–Crippen MR) is 110 cm³/mol. The lowest BCUT2D eigenvalue weighted by Crippen LogP contribution is -2.37. The van der Waals surface area contributed by atoms with Gasteiger partial charge in [0.15, 0.2) is 0 Å². The number of rotatable bonds is 8. The summed E-state index contributed by atoms with van der Waals surface area (Å²) in [5.41, 5.74) is 0.827. The summed E-state index contributed by atoms with van der Waals surface area (Å²) in [5.74, 6) is -1.88. The fraction of sp³-hybridized carbons (Fsp3) is 0.417. The molecule has 0 heterocycles. The minimum atomic E-state index is -0.939. The molecular weight excluding hydrogens is 352 g/mol. The highest BCUT2D eigenvalue weighted by atomic mass is 16.6. The molecule has 4 heteroatoms. The Bertz CT molecular complexity index is 696. The molecule has 150 valence electrons. The van der Waals surface area contributed by atoms with Crippen LogP contribution in [0.3, 0.4) is 0 Å². The topological polar surface area (TPSA) is 52.6 Å². The molecule has 0 bridgehead atoms. The number of carbonyl (C=O) groups excluding carboxylic acids is 2. The van der Waals surface area contributed by atoms with Gasteiger partial charge in [0.25, 0.3) is 0 Å². The van der Waals surface area contributed by atoms with E-state index in [2.05, 4.69) is 0 Å². The minimum absolute atomic E-state index is 0.618. The van der Waals surface area contributed by atoms with Crippen molar-refractivity contribution in [3.8, 4) is 0 Å². The number of ether oxygens (including phenoxy) is 2. The summed E-state index contributed by atoms with van der Waals surface area (Å²) >= 11 is 0. The first-order valence-electron chi connectivity index (χ1n) is 9.71.